The van der Waals surface area contributed by atoms with Gasteiger partial charge in [0.25, 0.3) is 0 Å². The molecule has 3 rings (SSSR count). The fraction of sp³-hybridized carbons (Fsp3) is 0.350. The van der Waals surface area contributed by atoms with E-state index in [-0.39, 0.29) is 35.5 Å². The number of carbonyl (C=O) groups excluding carboxylic acids is 1. The Morgan fingerprint density at radius 3 is 2.68 bits per heavy atom. The lowest BCUT2D eigenvalue weighted by molar-refractivity contribution is 0.0895. The summed E-state index contributed by atoms with van der Waals surface area (Å²) in [6.07, 6.45) is 0.753. The number of benzene rings is 2. The predicted molar refractivity (Wildman–Crippen MR) is 110 cm³/mol. The number of nitrogens with two attached hydrogens (primary N) is 1. The number of aryl methyl sites for hydroxylation is 2. The molecule has 4 N–H and O–H groups in total. The van der Waals surface area contributed by atoms with Crippen molar-refractivity contribution in [3.05, 3.63) is 64.7 Å². The second kappa shape index (κ2) is 9.15. The molecule has 8 heteroatoms. The number of rotatable bonds is 6. The van der Waals surface area contributed by atoms with Gasteiger partial charge in [-0.1, -0.05) is 36.4 Å². The maximum absolute atomic E-state index is 12.6. The van der Waals surface area contributed by atoms with Crippen LogP contribution in [0.15, 0.2) is 47.4 Å². The summed E-state index contributed by atoms with van der Waals surface area (Å²) in [5.41, 5.74) is 2.88. The molecule has 152 valence electrons. The average molecular weight is 425 g/mol. The molecule has 0 radical (unpaired) electrons. The monoisotopic (exact) mass is 424 g/mol. The van der Waals surface area contributed by atoms with Crippen molar-refractivity contribution < 1.29 is 18.3 Å². The van der Waals surface area contributed by atoms with Crippen LogP contribution in [0, 0.1) is 12.8 Å². The number of ketones is 1. The normalized spacial score (nSPS) is 17.5. The summed E-state index contributed by atoms with van der Waals surface area (Å²) in [6, 6.07) is 12.4. The molecule has 0 aliphatic heterocycles. The van der Waals surface area contributed by atoms with E-state index in [9.17, 15) is 18.3 Å². The van der Waals surface area contributed by atoms with Crippen LogP contribution in [0.5, 0.6) is 0 Å². The van der Waals surface area contributed by atoms with Crippen molar-refractivity contribution in [2.24, 2.45) is 11.1 Å². The van der Waals surface area contributed by atoms with Gasteiger partial charge in [-0.3, -0.25) is 4.79 Å². The third-order valence-corrected chi connectivity index (χ3v) is 6.10. The van der Waals surface area contributed by atoms with Gasteiger partial charge >= 0.3 is 0 Å². The van der Waals surface area contributed by atoms with Crippen LogP contribution >= 0.6 is 12.4 Å². The second-order valence-electron chi connectivity index (χ2n) is 7.00. The molecule has 2 aromatic carbocycles. The molecule has 1 aliphatic rings. The van der Waals surface area contributed by atoms with Gasteiger partial charge in [0.1, 0.15) is 0 Å². The summed E-state index contributed by atoms with van der Waals surface area (Å²) >= 11 is 0. The molecule has 0 saturated heterocycles. The molecule has 0 unspecified atom stereocenters. The first kappa shape index (κ1) is 22.5. The van der Waals surface area contributed by atoms with E-state index in [1.165, 1.54) is 6.07 Å². The molecule has 0 amide bonds. The zero-order valence-electron chi connectivity index (χ0n) is 15.6. The highest BCUT2D eigenvalue weighted by molar-refractivity contribution is 7.89. The first-order valence-corrected chi connectivity index (χ1v) is 10.5. The van der Waals surface area contributed by atoms with E-state index in [0.717, 1.165) is 24.0 Å². The van der Waals surface area contributed by atoms with E-state index in [1.807, 2.05) is 24.3 Å². The lowest BCUT2D eigenvalue weighted by atomic mass is 9.83. The quantitative estimate of drug-likeness (QED) is 0.658. The van der Waals surface area contributed by atoms with Crippen LogP contribution in [0.4, 0.5) is 0 Å². The van der Waals surface area contributed by atoms with Crippen LogP contribution < -0.4 is 10.5 Å². The molecule has 28 heavy (non-hydrogen) atoms. The molecule has 0 spiro atoms. The van der Waals surface area contributed by atoms with Crippen LogP contribution in [-0.4, -0.2) is 32.4 Å². The van der Waals surface area contributed by atoms with Gasteiger partial charge in [0, 0.05) is 24.6 Å². The van der Waals surface area contributed by atoms with E-state index in [1.54, 1.807) is 19.1 Å². The molecule has 0 bridgehead atoms. The Bertz CT molecular complexity index is 962. The summed E-state index contributed by atoms with van der Waals surface area (Å²) in [6.45, 7) is 2.34. The van der Waals surface area contributed by atoms with Crippen LogP contribution in [0.3, 0.4) is 0 Å². The number of carbonyl (C=O) groups is 1. The summed E-state index contributed by atoms with van der Waals surface area (Å²) < 4.78 is 23.3. The molecule has 6 nitrogen and oxygen atoms in total. The van der Waals surface area contributed by atoms with Crippen molar-refractivity contribution in [1.82, 2.24) is 5.32 Å². The summed E-state index contributed by atoms with van der Waals surface area (Å²) in [7, 11) is -3.84. The van der Waals surface area contributed by atoms with Gasteiger partial charge in [-0.15, -0.1) is 12.4 Å². The lowest BCUT2D eigenvalue weighted by Crippen LogP contribution is -2.34. The number of fused-ring (bicyclic) bond motifs is 1. The maximum atomic E-state index is 12.6. The van der Waals surface area contributed by atoms with Crippen LogP contribution in [0.25, 0.3) is 0 Å². The number of hydrogen-bond acceptors (Lipinski definition) is 5. The number of hydrogen-bond donors (Lipinski definition) is 3. The highest BCUT2D eigenvalue weighted by atomic mass is 35.5. The second-order valence-corrected chi connectivity index (χ2v) is 8.53. The summed E-state index contributed by atoms with van der Waals surface area (Å²) in [4.78, 5) is 12.6. The SMILES string of the molecule is Cc1ccc([C@@H](O)CNC[C@@H]2CCc3ccccc3C2=O)cc1S(N)(=O)=O.Cl. The fourth-order valence-electron chi connectivity index (χ4n) is 3.50. The molecule has 1 aliphatic carbocycles. The standard InChI is InChI=1S/C20H24N2O4S.ClH/c1-13-6-7-15(10-19(13)27(21,25)26)18(23)12-22-11-16-9-8-14-4-2-3-5-17(14)20(16)24;/h2-7,10,16,18,22-23H,8-9,11-12H2,1H3,(H2,21,25,26);1H/t16-,18-;/m0./s1. The van der Waals surface area contributed by atoms with Gasteiger partial charge in [-0.05, 0) is 42.5 Å². The number of sulfonamides is 1. The number of Topliss-reactive ketones (excluding diaryl/α,β-unsaturated/α-hetero) is 1. The number of nitrogens with one attached hydrogen (secondary N) is 1. The molecule has 0 saturated carbocycles. The number of aliphatic hydroxyl groups excluding tert-OH is 1. The smallest absolute Gasteiger partial charge is 0.238 e. The maximum Gasteiger partial charge on any atom is 0.238 e. The van der Waals surface area contributed by atoms with Gasteiger partial charge < -0.3 is 10.4 Å². The van der Waals surface area contributed by atoms with Crippen LogP contribution in [0.2, 0.25) is 0 Å². The Morgan fingerprint density at radius 2 is 1.96 bits per heavy atom. The Labute approximate surface area is 171 Å². The topological polar surface area (TPSA) is 109 Å². The van der Waals surface area contributed by atoms with E-state index in [0.29, 0.717) is 17.7 Å². The van der Waals surface area contributed by atoms with Crippen molar-refractivity contribution >= 4 is 28.2 Å². The van der Waals surface area contributed by atoms with Gasteiger partial charge in [-0.25, -0.2) is 13.6 Å². The van der Waals surface area contributed by atoms with Crippen LogP contribution in [-0.2, 0) is 16.4 Å². The molecule has 0 heterocycles. The highest BCUT2D eigenvalue weighted by Crippen LogP contribution is 2.25. The first-order valence-electron chi connectivity index (χ1n) is 8.91. The van der Waals surface area contributed by atoms with Gasteiger partial charge in [0.2, 0.25) is 10.0 Å². The molecular weight excluding hydrogens is 400 g/mol. The Kier molecular flexibility index (Phi) is 7.36. The minimum Gasteiger partial charge on any atom is -0.387 e. The predicted octanol–water partition coefficient (Wildman–Crippen LogP) is 2.13. The minimum atomic E-state index is -3.84. The number of halogens is 1. The third kappa shape index (κ3) is 4.98. The molecule has 0 fully saturated rings. The van der Waals surface area contributed by atoms with E-state index >= 15 is 0 Å². The summed E-state index contributed by atoms with van der Waals surface area (Å²) in [5, 5.41) is 18.7. The minimum absolute atomic E-state index is 0. The zero-order valence-corrected chi connectivity index (χ0v) is 17.2. The Balaban J connectivity index is 0.00000280. The van der Waals surface area contributed by atoms with Crippen molar-refractivity contribution in [2.45, 2.75) is 30.8 Å². The molecular formula is C20H25ClN2O4S. The Morgan fingerprint density at radius 1 is 1.25 bits per heavy atom. The number of primary sulfonamides is 1. The van der Waals surface area contributed by atoms with Crippen molar-refractivity contribution in [3.63, 3.8) is 0 Å². The van der Waals surface area contributed by atoms with Gasteiger partial charge in [0.15, 0.2) is 5.78 Å². The van der Waals surface area contributed by atoms with E-state index < -0.39 is 16.1 Å². The summed E-state index contributed by atoms with van der Waals surface area (Å²) in [5.74, 6) is 0.00999. The third-order valence-electron chi connectivity index (χ3n) is 5.05. The van der Waals surface area contributed by atoms with Crippen molar-refractivity contribution in [3.8, 4) is 0 Å². The zero-order chi connectivity index (χ0) is 19.6. The largest absolute Gasteiger partial charge is 0.387 e. The highest BCUT2D eigenvalue weighted by Gasteiger charge is 2.26. The first-order chi connectivity index (χ1) is 12.8. The Hall–Kier alpha value is -1.77. The van der Waals surface area contributed by atoms with Crippen molar-refractivity contribution in [1.29, 1.82) is 0 Å². The van der Waals surface area contributed by atoms with Crippen molar-refractivity contribution in [2.75, 3.05) is 13.1 Å². The molecule has 2 atom stereocenters. The average Bonchev–Trinajstić information content (AvgIpc) is 2.63. The molecule has 2 aromatic rings. The van der Waals surface area contributed by atoms with Gasteiger partial charge in [-0.2, -0.15) is 0 Å². The van der Waals surface area contributed by atoms with Crippen LogP contribution in [0.1, 0.15) is 39.6 Å². The number of aliphatic hydroxyl groups is 1. The lowest BCUT2D eigenvalue weighted by Gasteiger charge is -2.24. The molecule has 0 aromatic heterocycles. The van der Waals surface area contributed by atoms with E-state index in [2.05, 4.69) is 5.32 Å². The van der Waals surface area contributed by atoms with Gasteiger partial charge in [0.05, 0.1) is 11.0 Å². The van der Waals surface area contributed by atoms with E-state index in [4.69, 9.17) is 5.14 Å². The fourth-order valence-corrected chi connectivity index (χ4v) is 4.31.